The van der Waals surface area contributed by atoms with E-state index in [1.54, 1.807) is 15.9 Å². The predicted octanol–water partition coefficient (Wildman–Crippen LogP) is 4.23. The van der Waals surface area contributed by atoms with Crippen LogP contribution in [0.25, 0.3) is 0 Å². The van der Waals surface area contributed by atoms with Crippen LogP contribution >= 0.6 is 27.5 Å². The topological polar surface area (TPSA) is 40.6 Å². The highest BCUT2D eigenvalue weighted by atomic mass is 79.9. The molecule has 0 aromatic heterocycles. The third kappa shape index (κ3) is 3.91. The zero-order chi connectivity index (χ0) is 18.7. The molecular formula is C19H17BrClFN2O2. The number of amides is 2. The number of carbonyl (C=O) groups excluding carboxylic acids is 2. The number of carbonyl (C=O) groups is 2. The van der Waals surface area contributed by atoms with Crippen molar-refractivity contribution >= 4 is 39.3 Å². The second-order valence-electron chi connectivity index (χ2n) is 6.01. The molecule has 0 bridgehead atoms. The first-order chi connectivity index (χ1) is 12.5. The summed E-state index contributed by atoms with van der Waals surface area (Å²) in [5, 5.41) is 0.0976. The van der Waals surface area contributed by atoms with Crippen LogP contribution < -0.4 is 0 Å². The maximum Gasteiger partial charge on any atom is 0.258 e. The van der Waals surface area contributed by atoms with Crippen LogP contribution in [0.1, 0.15) is 27.1 Å². The maximum atomic E-state index is 14.0. The summed E-state index contributed by atoms with van der Waals surface area (Å²) in [6.45, 7) is 1.70. The molecule has 0 N–H and O–H groups in total. The molecule has 1 fully saturated rings. The van der Waals surface area contributed by atoms with Crippen LogP contribution in [-0.2, 0) is 0 Å². The minimum Gasteiger partial charge on any atom is -0.337 e. The summed E-state index contributed by atoms with van der Waals surface area (Å²) < 4.78 is 14.8. The highest BCUT2D eigenvalue weighted by molar-refractivity contribution is 9.10. The summed E-state index contributed by atoms with van der Waals surface area (Å²) in [6.07, 6.45) is 0.619. The lowest BCUT2D eigenvalue weighted by Crippen LogP contribution is -2.37. The van der Waals surface area contributed by atoms with Gasteiger partial charge in [0.05, 0.1) is 16.1 Å². The number of rotatable bonds is 2. The molecule has 0 saturated carbocycles. The predicted molar refractivity (Wildman–Crippen MR) is 102 cm³/mol. The Bertz CT molecular complexity index is 826. The quantitative estimate of drug-likeness (QED) is 0.703. The molecule has 0 radical (unpaired) electrons. The van der Waals surface area contributed by atoms with Gasteiger partial charge in [0.15, 0.2) is 0 Å². The molecule has 1 saturated heterocycles. The lowest BCUT2D eigenvalue weighted by atomic mass is 10.1. The van der Waals surface area contributed by atoms with E-state index in [-0.39, 0.29) is 16.5 Å². The molecule has 1 aliphatic rings. The van der Waals surface area contributed by atoms with Crippen LogP contribution in [-0.4, -0.2) is 47.8 Å². The smallest absolute Gasteiger partial charge is 0.258 e. The Morgan fingerprint density at radius 3 is 2.23 bits per heavy atom. The molecule has 1 aliphatic heterocycles. The van der Waals surface area contributed by atoms with E-state index < -0.39 is 11.7 Å². The standard InChI is InChI=1S/C19H17BrClFN2O2/c20-14-6-2-1-5-13(14)18(25)23-9-4-10-24(12-11-23)19(26)17-15(21)7-3-8-16(17)22/h1-3,5-8H,4,9-12H2. The minimum absolute atomic E-state index is 0.0873. The largest absolute Gasteiger partial charge is 0.337 e. The van der Waals surface area contributed by atoms with Gasteiger partial charge in [0, 0.05) is 30.7 Å². The first-order valence-electron chi connectivity index (χ1n) is 8.26. The van der Waals surface area contributed by atoms with Gasteiger partial charge in [-0.15, -0.1) is 0 Å². The summed E-state index contributed by atoms with van der Waals surface area (Å²) in [4.78, 5) is 28.7. The molecule has 2 amide bonds. The van der Waals surface area contributed by atoms with Crippen molar-refractivity contribution in [3.8, 4) is 0 Å². The van der Waals surface area contributed by atoms with Crippen molar-refractivity contribution < 1.29 is 14.0 Å². The van der Waals surface area contributed by atoms with E-state index in [4.69, 9.17) is 11.6 Å². The second kappa shape index (κ2) is 8.18. The van der Waals surface area contributed by atoms with E-state index >= 15 is 0 Å². The van der Waals surface area contributed by atoms with Crippen molar-refractivity contribution in [3.05, 3.63) is 68.9 Å². The molecule has 3 rings (SSSR count). The third-order valence-electron chi connectivity index (χ3n) is 4.35. The zero-order valence-electron chi connectivity index (χ0n) is 13.9. The molecule has 0 unspecified atom stereocenters. The Kier molecular flexibility index (Phi) is 5.94. The Balaban J connectivity index is 1.73. The number of hydrogen-bond acceptors (Lipinski definition) is 2. The Morgan fingerprint density at radius 1 is 0.923 bits per heavy atom. The highest BCUT2D eigenvalue weighted by Gasteiger charge is 2.26. The number of hydrogen-bond donors (Lipinski definition) is 0. The fraction of sp³-hybridized carbons (Fsp3) is 0.263. The van der Waals surface area contributed by atoms with Crippen molar-refractivity contribution in [3.63, 3.8) is 0 Å². The van der Waals surface area contributed by atoms with Gasteiger partial charge in [0.2, 0.25) is 0 Å². The molecule has 0 spiro atoms. The van der Waals surface area contributed by atoms with Gasteiger partial charge in [0.25, 0.3) is 11.8 Å². The van der Waals surface area contributed by atoms with E-state index in [1.807, 2.05) is 18.2 Å². The monoisotopic (exact) mass is 438 g/mol. The third-order valence-corrected chi connectivity index (χ3v) is 5.36. The van der Waals surface area contributed by atoms with Crippen LogP contribution in [0.2, 0.25) is 5.02 Å². The average Bonchev–Trinajstić information content (AvgIpc) is 2.87. The van der Waals surface area contributed by atoms with Gasteiger partial charge < -0.3 is 9.80 Å². The van der Waals surface area contributed by atoms with Crippen molar-refractivity contribution in [2.45, 2.75) is 6.42 Å². The van der Waals surface area contributed by atoms with Gasteiger partial charge in [-0.1, -0.05) is 29.8 Å². The molecule has 0 aliphatic carbocycles. The molecule has 0 atom stereocenters. The molecular weight excluding hydrogens is 423 g/mol. The van der Waals surface area contributed by atoms with Gasteiger partial charge in [0.1, 0.15) is 5.82 Å². The van der Waals surface area contributed by atoms with Gasteiger partial charge in [-0.2, -0.15) is 0 Å². The van der Waals surface area contributed by atoms with Gasteiger partial charge in [-0.3, -0.25) is 9.59 Å². The summed E-state index contributed by atoms with van der Waals surface area (Å²) in [5.74, 6) is -1.16. The normalized spacial score (nSPS) is 14.9. The zero-order valence-corrected chi connectivity index (χ0v) is 16.3. The Morgan fingerprint density at radius 2 is 1.58 bits per heavy atom. The molecule has 2 aromatic carbocycles. The summed E-state index contributed by atoms with van der Waals surface area (Å²) >= 11 is 9.40. The fourth-order valence-corrected chi connectivity index (χ4v) is 3.69. The van der Waals surface area contributed by atoms with E-state index in [1.165, 1.54) is 18.2 Å². The van der Waals surface area contributed by atoms with Gasteiger partial charge >= 0.3 is 0 Å². The number of benzene rings is 2. The minimum atomic E-state index is -0.632. The van der Waals surface area contributed by atoms with E-state index in [0.29, 0.717) is 38.2 Å². The lowest BCUT2D eigenvalue weighted by molar-refractivity contribution is 0.0715. The number of halogens is 3. The second-order valence-corrected chi connectivity index (χ2v) is 7.28. The van der Waals surface area contributed by atoms with E-state index in [0.717, 1.165) is 4.47 Å². The summed E-state index contributed by atoms with van der Waals surface area (Å²) in [6, 6.07) is 11.4. The van der Waals surface area contributed by atoms with Crippen molar-refractivity contribution in [1.29, 1.82) is 0 Å². The molecule has 4 nitrogen and oxygen atoms in total. The lowest BCUT2D eigenvalue weighted by Gasteiger charge is -2.23. The fourth-order valence-electron chi connectivity index (χ4n) is 2.99. The van der Waals surface area contributed by atoms with E-state index in [9.17, 15) is 14.0 Å². The molecule has 1 heterocycles. The first kappa shape index (κ1) is 18.9. The number of nitrogens with zero attached hydrogens (tertiary/aromatic N) is 2. The van der Waals surface area contributed by atoms with Crippen molar-refractivity contribution in [2.24, 2.45) is 0 Å². The Hall–Kier alpha value is -1.92. The summed E-state index contributed by atoms with van der Waals surface area (Å²) in [5.41, 5.74) is 0.476. The molecule has 26 heavy (non-hydrogen) atoms. The van der Waals surface area contributed by atoms with E-state index in [2.05, 4.69) is 15.9 Å². The highest BCUT2D eigenvalue weighted by Crippen LogP contribution is 2.22. The van der Waals surface area contributed by atoms with Crippen LogP contribution in [0.3, 0.4) is 0 Å². The van der Waals surface area contributed by atoms with Gasteiger partial charge in [-0.25, -0.2) is 4.39 Å². The van der Waals surface area contributed by atoms with Gasteiger partial charge in [-0.05, 0) is 46.6 Å². The molecule has 7 heteroatoms. The average molecular weight is 440 g/mol. The van der Waals surface area contributed by atoms with Crippen LogP contribution in [0.4, 0.5) is 4.39 Å². The summed E-state index contributed by atoms with van der Waals surface area (Å²) in [7, 11) is 0. The Labute approximate surface area is 164 Å². The molecule has 2 aromatic rings. The van der Waals surface area contributed by atoms with Crippen molar-refractivity contribution in [2.75, 3.05) is 26.2 Å². The molecule has 136 valence electrons. The maximum absolute atomic E-state index is 14.0. The SMILES string of the molecule is O=C(c1ccccc1Br)N1CCCN(C(=O)c2c(F)cccc2Cl)CC1. The van der Waals surface area contributed by atoms with Crippen LogP contribution in [0.15, 0.2) is 46.9 Å². The van der Waals surface area contributed by atoms with Crippen LogP contribution in [0, 0.1) is 5.82 Å². The van der Waals surface area contributed by atoms with Crippen molar-refractivity contribution in [1.82, 2.24) is 9.80 Å². The van der Waals surface area contributed by atoms with Crippen LogP contribution in [0.5, 0.6) is 0 Å². The first-order valence-corrected chi connectivity index (χ1v) is 9.43.